The number of halogens is 2. The normalized spacial score (nSPS) is 10.7. The Hall–Kier alpha value is -1.70. The van der Waals surface area contributed by atoms with Crippen LogP contribution in [0.4, 0.5) is 14.6 Å². The summed E-state index contributed by atoms with van der Waals surface area (Å²) in [5.74, 6) is -0.266. The first-order chi connectivity index (χ1) is 7.61. The van der Waals surface area contributed by atoms with Gasteiger partial charge in [-0.3, -0.25) is 9.89 Å². The molecule has 0 aliphatic carbocycles. The number of hydrogen-bond acceptors (Lipinski definition) is 4. The van der Waals surface area contributed by atoms with E-state index in [1.807, 2.05) is 0 Å². The van der Waals surface area contributed by atoms with E-state index < -0.39 is 18.9 Å². The molecule has 0 saturated heterocycles. The van der Waals surface area contributed by atoms with Gasteiger partial charge < -0.3 is 15.8 Å². The highest BCUT2D eigenvalue weighted by molar-refractivity contribution is 5.97. The Morgan fingerprint density at radius 1 is 1.69 bits per heavy atom. The van der Waals surface area contributed by atoms with Crippen molar-refractivity contribution in [2.24, 2.45) is 0 Å². The minimum Gasteiger partial charge on any atom is -0.383 e. The molecule has 1 aromatic heterocycles. The lowest BCUT2D eigenvalue weighted by Gasteiger charge is -2.05. The van der Waals surface area contributed by atoms with Crippen molar-refractivity contribution >= 4 is 11.7 Å². The lowest BCUT2D eigenvalue weighted by atomic mass is 10.3. The second-order valence-corrected chi connectivity index (χ2v) is 2.92. The van der Waals surface area contributed by atoms with Gasteiger partial charge in [-0.25, -0.2) is 8.78 Å². The number of nitrogens with one attached hydrogen (secondary N) is 2. The maximum atomic E-state index is 11.7. The molecule has 1 rings (SSSR count). The summed E-state index contributed by atoms with van der Waals surface area (Å²) < 4.78 is 27.9. The molecule has 0 fully saturated rings. The fourth-order valence-electron chi connectivity index (χ4n) is 0.981. The van der Waals surface area contributed by atoms with Crippen LogP contribution in [0.2, 0.25) is 0 Å². The van der Waals surface area contributed by atoms with Crippen LogP contribution in [0, 0.1) is 0 Å². The second-order valence-electron chi connectivity index (χ2n) is 2.92. The van der Waals surface area contributed by atoms with Gasteiger partial charge in [-0.15, -0.1) is 0 Å². The first kappa shape index (κ1) is 12.4. The average molecular weight is 234 g/mol. The summed E-state index contributed by atoms with van der Waals surface area (Å²) in [6, 6.07) is 0. The molecule has 0 atom stereocenters. The minimum absolute atomic E-state index is 0.0217. The van der Waals surface area contributed by atoms with E-state index in [0.717, 1.165) is 0 Å². The zero-order chi connectivity index (χ0) is 12.0. The van der Waals surface area contributed by atoms with Crippen LogP contribution in [0.1, 0.15) is 10.4 Å². The Bertz CT molecular complexity index is 343. The number of nitrogens with zero attached hydrogens (tertiary/aromatic N) is 1. The number of carbonyl (C=O) groups is 1. The SMILES string of the molecule is Nc1[nH]ncc1C(=O)NCCOCC(F)F. The van der Waals surface area contributed by atoms with E-state index in [4.69, 9.17) is 5.73 Å². The first-order valence-electron chi connectivity index (χ1n) is 4.54. The molecule has 0 unspecified atom stereocenters. The number of alkyl halides is 2. The highest BCUT2D eigenvalue weighted by atomic mass is 19.3. The predicted octanol–water partition coefficient (Wildman–Crippen LogP) is 0.00340. The fraction of sp³-hybridized carbons (Fsp3) is 0.500. The zero-order valence-electron chi connectivity index (χ0n) is 8.37. The Kier molecular flexibility index (Phi) is 4.65. The van der Waals surface area contributed by atoms with Gasteiger partial charge in [0.2, 0.25) is 0 Å². The Morgan fingerprint density at radius 3 is 3.00 bits per heavy atom. The summed E-state index contributed by atoms with van der Waals surface area (Å²) in [6.07, 6.45) is -1.22. The Morgan fingerprint density at radius 2 is 2.44 bits per heavy atom. The van der Waals surface area contributed by atoms with Crippen LogP contribution in [0.3, 0.4) is 0 Å². The maximum absolute atomic E-state index is 11.7. The molecule has 8 heteroatoms. The number of nitrogen functional groups attached to an aromatic ring is 1. The third-order valence-electron chi connectivity index (χ3n) is 1.69. The molecule has 0 radical (unpaired) electrons. The zero-order valence-corrected chi connectivity index (χ0v) is 8.37. The summed E-state index contributed by atoms with van der Waals surface area (Å²) in [4.78, 5) is 11.4. The molecule has 1 amide bonds. The van der Waals surface area contributed by atoms with E-state index in [0.29, 0.717) is 0 Å². The number of rotatable bonds is 6. The van der Waals surface area contributed by atoms with Crippen molar-refractivity contribution in [3.8, 4) is 0 Å². The largest absolute Gasteiger partial charge is 0.383 e. The molecule has 0 saturated carbocycles. The molecule has 6 nitrogen and oxygen atoms in total. The topological polar surface area (TPSA) is 93.0 Å². The Balaban J connectivity index is 2.19. The number of H-pyrrole nitrogens is 1. The van der Waals surface area contributed by atoms with E-state index in [2.05, 4.69) is 20.3 Å². The molecule has 1 aromatic rings. The van der Waals surface area contributed by atoms with Crippen LogP contribution in [0.25, 0.3) is 0 Å². The lowest BCUT2D eigenvalue weighted by molar-refractivity contribution is 0.0188. The smallest absolute Gasteiger partial charge is 0.261 e. The van der Waals surface area contributed by atoms with Crippen molar-refractivity contribution in [3.63, 3.8) is 0 Å². The van der Waals surface area contributed by atoms with Gasteiger partial charge in [-0.05, 0) is 0 Å². The summed E-state index contributed by atoms with van der Waals surface area (Å²) in [5, 5.41) is 8.42. The van der Waals surface area contributed by atoms with Gasteiger partial charge in [0.05, 0.1) is 12.8 Å². The van der Waals surface area contributed by atoms with E-state index in [1.54, 1.807) is 0 Å². The molecule has 16 heavy (non-hydrogen) atoms. The molecule has 0 spiro atoms. The van der Waals surface area contributed by atoms with Gasteiger partial charge in [0.15, 0.2) is 0 Å². The third kappa shape index (κ3) is 3.81. The van der Waals surface area contributed by atoms with Crippen molar-refractivity contribution in [1.29, 1.82) is 0 Å². The number of aromatic nitrogens is 2. The number of nitrogens with two attached hydrogens (primary N) is 1. The first-order valence-corrected chi connectivity index (χ1v) is 4.54. The molecule has 4 N–H and O–H groups in total. The van der Waals surface area contributed by atoms with Gasteiger partial charge in [0.25, 0.3) is 12.3 Å². The van der Waals surface area contributed by atoms with E-state index in [1.165, 1.54) is 6.20 Å². The number of hydrogen-bond donors (Lipinski definition) is 3. The van der Waals surface area contributed by atoms with Crippen LogP contribution in [-0.4, -0.2) is 42.3 Å². The molecular weight excluding hydrogens is 222 g/mol. The number of aromatic amines is 1. The molecule has 0 aliphatic rings. The van der Waals surface area contributed by atoms with E-state index in [9.17, 15) is 13.6 Å². The standard InChI is InChI=1S/C8H12F2N4O2/c9-6(10)4-16-2-1-12-8(15)5-3-13-14-7(5)11/h3,6H,1-2,4H2,(H,12,15)(H3,11,13,14). The molecule has 0 aromatic carbocycles. The number of carbonyl (C=O) groups excluding carboxylic acids is 1. The number of anilines is 1. The van der Waals surface area contributed by atoms with Gasteiger partial charge in [0.1, 0.15) is 18.0 Å². The van der Waals surface area contributed by atoms with Gasteiger partial charge in [0, 0.05) is 6.54 Å². The van der Waals surface area contributed by atoms with Gasteiger partial charge in [-0.2, -0.15) is 5.10 Å². The second kappa shape index (κ2) is 6.01. The van der Waals surface area contributed by atoms with Crippen molar-refractivity contribution in [1.82, 2.24) is 15.5 Å². The van der Waals surface area contributed by atoms with Crippen molar-refractivity contribution in [3.05, 3.63) is 11.8 Å². The monoisotopic (exact) mass is 234 g/mol. The molecule has 0 aliphatic heterocycles. The summed E-state index contributed by atoms with van der Waals surface area (Å²) in [6.45, 7) is -0.478. The highest BCUT2D eigenvalue weighted by Gasteiger charge is 2.10. The van der Waals surface area contributed by atoms with Gasteiger partial charge >= 0.3 is 0 Å². The number of ether oxygens (including phenoxy) is 1. The van der Waals surface area contributed by atoms with Crippen LogP contribution >= 0.6 is 0 Å². The molecule has 0 bridgehead atoms. The van der Waals surface area contributed by atoms with Crippen molar-refractivity contribution in [2.75, 3.05) is 25.5 Å². The van der Waals surface area contributed by atoms with Crippen LogP contribution in [0.15, 0.2) is 6.20 Å². The van der Waals surface area contributed by atoms with Crippen LogP contribution in [0.5, 0.6) is 0 Å². The van der Waals surface area contributed by atoms with E-state index in [-0.39, 0.29) is 24.5 Å². The van der Waals surface area contributed by atoms with Crippen LogP contribution in [-0.2, 0) is 4.74 Å². The predicted molar refractivity (Wildman–Crippen MR) is 52.2 cm³/mol. The third-order valence-corrected chi connectivity index (χ3v) is 1.69. The molecule has 90 valence electrons. The lowest BCUT2D eigenvalue weighted by Crippen LogP contribution is -2.28. The molecule has 1 heterocycles. The average Bonchev–Trinajstić information content (AvgIpc) is 2.63. The summed E-state index contributed by atoms with van der Waals surface area (Å²) >= 11 is 0. The van der Waals surface area contributed by atoms with Crippen LogP contribution < -0.4 is 11.1 Å². The number of amides is 1. The highest BCUT2D eigenvalue weighted by Crippen LogP contribution is 2.04. The van der Waals surface area contributed by atoms with E-state index >= 15 is 0 Å². The maximum Gasteiger partial charge on any atom is 0.261 e. The van der Waals surface area contributed by atoms with Crippen molar-refractivity contribution in [2.45, 2.75) is 6.43 Å². The van der Waals surface area contributed by atoms with Gasteiger partial charge in [-0.1, -0.05) is 0 Å². The summed E-state index contributed by atoms with van der Waals surface area (Å²) in [5.41, 5.74) is 5.62. The quantitative estimate of drug-likeness (QED) is 0.604. The Labute approximate surface area is 90.1 Å². The minimum atomic E-state index is -2.50. The summed E-state index contributed by atoms with van der Waals surface area (Å²) in [7, 11) is 0. The fourth-order valence-corrected chi connectivity index (χ4v) is 0.981. The molecular formula is C8H12F2N4O2. The van der Waals surface area contributed by atoms with Crippen molar-refractivity contribution < 1.29 is 18.3 Å².